The number of rotatable bonds is 5. The number of nitrogens with one attached hydrogen (secondary N) is 1. The van der Waals surface area contributed by atoms with E-state index in [1.165, 1.54) is 6.92 Å². The second kappa shape index (κ2) is 8.77. The summed E-state index contributed by atoms with van der Waals surface area (Å²) in [7, 11) is 0. The molecule has 8 nitrogen and oxygen atoms in total. The number of nitrogens with zero attached hydrogens (tertiary/aromatic N) is 5. The number of carbonyl (C=O) groups excluding carboxylic acids is 2. The molecule has 28 heavy (non-hydrogen) atoms. The van der Waals surface area contributed by atoms with Crippen LogP contribution in [0.25, 0.3) is 0 Å². The summed E-state index contributed by atoms with van der Waals surface area (Å²) in [6, 6.07) is 10.3. The van der Waals surface area contributed by atoms with Crippen molar-refractivity contribution < 1.29 is 9.59 Å². The average molecular weight is 376 g/mol. The summed E-state index contributed by atoms with van der Waals surface area (Å²) >= 11 is 0. The fraction of sp³-hybridized carbons (Fsp3) is 0.250. The van der Waals surface area contributed by atoms with Gasteiger partial charge in [0.15, 0.2) is 5.78 Å². The maximum absolute atomic E-state index is 12.4. The van der Waals surface area contributed by atoms with Gasteiger partial charge in [-0.1, -0.05) is 0 Å². The number of hydrogen-bond donors (Lipinski definition) is 1. The molecule has 1 aliphatic heterocycles. The summed E-state index contributed by atoms with van der Waals surface area (Å²) in [5.74, 6) is 0.154. The lowest BCUT2D eigenvalue weighted by atomic mass is 10.1. The first-order valence-electron chi connectivity index (χ1n) is 8.87. The molecule has 1 aliphatic rings. The van der Waals surface area contributed by atoms with Gasteiger partial charge in [-0.25, -0.2) is 9.97 Å². The van der Waals surface area contributed by atoms with E-state index in [1.54, 1.807) is 48.9 Å². The third kappa shape index (κ3) is 4.71. The van der Waals surface area contributed by atoms with Gasteiger partial charge in [-0.3, -0.25) is 9.59 Å². The molecule has 8 heteroatoms. The van der Waals surface area contributed by atoms with Gasteiger partial charge in [0, 0.05) is 56.0 Å². The number of anilines is 2. The monoisotopic (exact) mass is 376 g/mol. The summed E-state index contributed by atoms with van der Waals surface area (Å²) in [5, 5.41) is 12.1. The number of hydrogen-bond acceptors (Lipinski definition) is 7. The van der Waals surface area contributed by atoms with Gasteiger partial charge in [0.25, 0.3) is 5.91 Å². The first kappa shape index (κ1) is 19.0. The third-order valence-corrected chi connectivity index (χ3v) is 4.38. The summed E-state index contributed by atoms with van der Waals surface area (Å²) in [6.07, 6.45) is 4.99. The average Bonchev–Trinajstić information content (AvgIpc) is 2.73. The second-order valence-electron chi connectivity index (χ2n) is 6.31. The molecule has 3 rings (SSSR count). The zero-order valence-corrected chi connectivity index (χ0v) is 15.5. The Hall–Kier alpha value is -3.73. The Balaban J connectivity index is 1.60. The van der Waals surface area contributed by atoms with Crippen LogP contribution in [0, 0.1) is 11.3 Å². The van der Waals surface area contributed by atoms with Gasteiger partial charge in [-0.15, -0.1) is 0 Å². The van der Waals surface area contributed by atoms with Gasteiger partial charge in [-0.2, -0.15) is 5.26 Å². The zero-order valence-electron chi connectivity index (χ0n) is 15.5. The molecule has 0 aliphatic carbocycles. The standard InChI is InChI=1S/C20H20N6O2/c1-15(27)16-3-5-18(6-4-16)24-19(28)17(13-21)14-25-9-11-26(12-10-25)20-22-7-2-8-23-20/h2-8,14H,9-12H2,1H3,(H,24,28)/b17-14-. The van der Waals surface area contributed by atoms with E-state index in [0.717, 1.165) is 0 Å². The van der Waals surface area contributed by atoms with E-state index in [0.29, 0.717) is 43.4 Å². The van der Waals surface area contributed by atoms with Crippen LogP contribution in [0.2, 0.25) is 0 Å². The smallest absolute Gasteiger partial charge is 0.267 e. The predicted molar refractivity (Wildman–Crippen MR) is 105 cm³/mol. The lowest BCUT2D eigenvalue weighted by molar-refractivity contribution is -0.112. The maximum Gasteiger partial charge on any atom is 0.267 e. The first-order valence-corrected chi connectivity index (χ1v) is 8.87. The number of Topliss-reactive ketones (excluding diaryl/α,β-unsaturated/α-hetero) is 1. The van der Waals surface area contributed by atoms with Crippen LogP contribution in [0.5, 0.6) is 0 Å². The maximum atomic E-state index is 12.4. The third-order valence-electron chi connectivity index (χ3n) is 4.38. The number of aromatic nitrogens is 2. The van der Waals surface area contributed by atoms with Gasteiger partial charge in [0.2, 0.25) is 5.95 Å². The Morgan fingerprint density at radius 1 is 1.11 bits per heavy atom. The van der Waals surface area contributed by atoms with E-state index >= 15 is 0 Å². The molecule has 0 unspecified atom stereocenters. The van der Waals surface area contributed by atoms with Crippen molar-refractivity contribution in [1.82, 2.24) is 14.9 Å². The molecule has 2 heterocycles. The molecule has 1 aromatic heterocycles. The molecule has 1 amide bonds. The van der Waals surface area contributed by atoms with Gasteiger partial charge in [0.1, 0.15) is 11.6 Å². The van der Waals surface area contributed by atoms with E-state index < -0.39 is 5.91 Å². The summed E-state index contributed by atoms with van der Waals surface area (Å²) in [6.45, 7) is 4.20. The molecule has 2 aromatic rings. The highest BCUT2D eigenvalue weighted by Gasteiger charge is 2.19. The van der Waals surface area contributed by atoms with Crippen molar-refractivity contribution in [1.29, 1.82) is 5.26 Å². The topological polar surface area (TPSA) is 102 Å². The molecule has 1 fully saturated rings. The number of ketones is 1. The number of piperazine rings is 1. The molecule has 0 saturated carbocycles. The second-order valence-corrected chi connectivity index (χ2v) is 6.31. The predicted octanol–water partition coefficient (Wildman–Crippen LogP) is 1.85. The molecule has 1 aromatic carbocycles. The summed E-state index contributed by atoms with van der Waals surface area (Å²) in [4.78, 5) is 36.2. The Morgan fingerprint density at radius 2 is 1.75 bits per heavy atom. The lowest BCUT2D eigenvalue weighted by Gasteiger charge is -2.34. The van der Waals surface area contributed by atoms with Crippen molar-refractivity contribution in [2.45, 2.75) is 6.92 Å². The van der Waals surface area contributed by atoms with Gasteiger partial charge in [0.05, 0.1) is 0 Å². The number of nitriles is 1. The van der Waals surface area contributed by atoms with Crippen molar-refractivity contribution in [2.24, 2.45) is 0 Å². The minimum absolute atomic E-state index is 0.0278. The largest absolute Gasteiger partial charge is 0.373 e. The van der Waals surface area contributed by atoms with E-state index in [2.05, 4.69) is 20.2 Å². The van der Waals surface area contributed by atoms with Crippen molar-refractivity contribution in [3.63, 3.8) is 0 Å². The fourth-order valence-corrected chi connectivity index (χ4v) is 2.81. The highest BCUT2D eigenvalue weighted by Crippen LogP contribution is 2.13. The van der Waals surface area contributed by atoms with Crippen LogP contribution in [0.4, 0.5) is 11.6 Å². The van der Waals surface area contributed by atoms with E-state index in [1.807, 2.05) is 11.0 Å². The number of amides is 1. The van der Waals surface area contributed by atoms with E-state index in [-0.39, 0.29) is 11.4 Å². The lowest BCUT2D eigenvalue weighted by Crippen LogP contribution is -2.45. The first-order chi connectivity index (χ1) is 13.6. The quantitative estimate of drug-likeness (QED) is 0.483. The Labute approximate surface area is 163 Å². The van der Waals surface area contributed by atoms with E-state index in [4.69, 9.17) is 0 Å². The highest BCUT2D eigenvalue weighted by atomic mass is 16.1. The fourth-order valence-electron chi connectivity index (χ4n) is 2.81. The van der Waals surface area contributed by atoms with Crippen LogP contribution in [0.15, 0.2) is 54.5 Å². The van der Waals surface area contributed by atoms with Crippen LogP contribution in [-0.2, 0) is 4.79 Å². The molecule has 0 bridgehead atoms. The normalized spacial score (nSPS) is 14.4. The zero-order chi connectivity index (χ0) is 19.9. The molecule has 142 valence electrons. The van der Waals surface area contributed by atoms with Crippen molar-refractivity contribution in [3.8, 4) is 6.07 Å². The summed E-state index contributed by atoms with van der Waals surface area (Å²) < 4.78 is 0. The summed E-state index contributed by atoms with van der Waals surface area (Å²) in [5.41, 5.74) is 1.12. The van der Waals surface area contributed by atoms with Crippen LogP contribution < -0.4 is 10.2 Å². The van der Waals surface area contributed by atoms with Crippen LogP contribution in [0.1, 0.15) is 17.3 Å². The highest BCUT2D eigenvalue weighted by molar-refractivity contribution is 6.06. The van der Waals surface area contributed by atoms with Gasteiger partial charge in [-0.05, 0) is 37.3 Å². The molecular weight excluding hydrogens is 356 g/mol. The van der Waals surface area contributed by atoms with Crippen LogP contribution >= 0.6 is 0 Å². The van der Waals surface area contributed by atoms with Gasteiger partial charge >= 0.3 is 0 Å². The van der Waals surface area contributed by atoms with Gasteiger partial charge < -0.3 is 15.1 Å². The molecular formula is C20H20N6O2. The Bertz CT molecular complexity index is 910. The minimum atomic E-state index is -0.480. The molecule has 0 atom stereocenters. The number of carbonyl (C=O) groups is 2. The number of benzene rings is 1. The Kier molecular flexibility index (Phi) is 5.97. The Morgan fingerprint density at radius 3 is 2.32 bits per heavy atom. The minimum Gasteiger partial charge on any atom is -0.373 e. The van der Waals surface area contributed by atoms with Crippen LogP contribution in [0.3, 0.4) is 0 Å². The molecule has 1 saturated heterocycles. The van der Waals surface area contributed by atoms with Crippen molar-refractivity contribution in [3.05, 3.63) is 60.1 Å². The van der Waals surface area contributed by atoms with Crippen molar-refractivity contribution >= 4 is 23.3 Å². The molecule has 0 radical (unpaired) electrons. The SMILES string of the molecule is CC(=O)c1ccc(NC(=O)/C(C#N)=C\N2CCN(c3ncccn3)CC2)cc1. The van der Waals surface area contributed by atoms with Crippen molar-refractivity contribution in [2.75, 3.05) is 36.4 Å². The van der Waals surface area contributed by atoms with E-state index in [9.17, 15) is 14.9 Å². The molecule has 1 N–H and O–H groups in total. The van der Waals surface area contributed by atoms with Crippen LogP contribution in [-0.4, -0.2) is 52.7 Å². The molecule has 0 spiro atoms.